The summed E-state index contributed by atoms with van der Waals surface area (Å²) in [5.74, 6) is 2.68. The molecule has 0 radical (unpaired) electrons. The van der Waals surface area contributed by atoms with Gasteiger partial charge in [-0.25, -0.2) is 4.98 Å². The number of aromatic nitrogens is 3. The van der Waals surface area contributed by atoms with E-state index in [0.717, 1.165) is 51.9 Å². The summed E-state index contributed by atoms with van der Waals surface area (Å²) in [6.07, 6.45) is 0.819. The number of piperazine rings is 1. The van der Waals surface area contributed by atoms with E-state index in [1.54, 1.807) is 14.1 Å². The molecule has 1 aliphatic rings. The minimum absolute atomic E-state index is 0.431. The van der Waals surface area contributed by atoms with Crippen molar-refractivity contribution in [3.05, 3.63) is 34.9 Å². The van der Waals surface area contributed by atoms with E-state index in [0.29, 0.717) is 26.2 Å². The van der Waals surface area contributed by atoms with Crippen molar-refractivity contribution < 1.29 is 12.8 Å². The number of anilines is 1. The van der Waals surface area contributed by atoms with E-state index in [1.165, 1.54) is 8.61 Å². The van der Waals surface area contributed by atoms with Crippen molar-refractivity contribution in [3.63, 3.8) is 0 Å². The van der Waals surface area contributed by atoms with Crippen LogP contribution in [0.15, 0.2) is 16.5 Å². The second kappa shape index (κ2) is 7.92. The lowest BCUT2D eigenvalue weighted by Crippen LogP contribution is -2.52. The molecule has 9 nitrogen and oxygen atoms in total. The first-order valence-electron chi connectivity index (χ1n) is 10.5. The van der Waals surface area contributed by atoms with Crippen molar-refractivity contribution in [2.45, 2.75) is 34.1 Å². The number of rotatable bonds is 5. The van der Waals surface area contributed by atoms with Gasteiger partial charge in [-0.15, -0.1) is 0 Å². The number of nitrogens with zero attached hydrogens (tertiary/aromatic N) is 6. The van der Waals surface area contributed by atoms with Crippen LogP contribution in [0.4, 0.5) is 5.82 Å². The number of fused-ring (bicyclic) bond motifs is 1. The summed E-state index contributed by atoms with van der Waals surface area (Å²) in [6.45, 7) is 10.1. The van der Waals surface area contributed by atoms with Crippen LogP contribution in [0.2, 0.25) is 0 Å². The molecule has 0 aromatic carbocycles. The lowest BCUT2D eigenvalue weighted by molar-refractivity contribution is 0.354. The van der Waals surface area contributed by atoms with Gasteiger partial charge in [0.2, 0.25) is 0 Å². The van der Waals surface area contributed by atoms with Crippen molar-refractivity contribution >= 4 is 21.7 Å². The molecular weight excluding hydrogens is 416 g/mol. The van der Waals surface area contributed by atoms with Crippen molar-refractivity contribution in [2.24, 2.45) is 0 Å². The molecule has 0 bridgehead atoms. The van der Waals surface area contributed by atoms with Crippen molar-refractivity contribution in [2.75, 3.05) is 45.2 Å². The van der Waals surface area contributed by atoms with Gasteiger partial charge >= 0.3 is 0 Å². The Morgan fingerprint density at radius 2 is 1.77 bits per heavy atom. The van der Waals surface area contributed by atoms with Gasteiger partial charge in [-0.1, -0.05) is 6.92 Å². The topological polar surface area (TPSA) is 87.2 Å². The van der Waals surface area contributed by atoms with E-state index in [4.69, 9.17) is 14.5 Å². The minimum Gasteiger partial charge on any atom is -0.466 e. The maximum absolute atomic E-state index is 12.5. The molecule has 3 aromatic rings. The zero-order valence-electron chi connectivity index (χ0n) is 19.0. The first kappa shape index (κ1) is 21.8. The number of hydrogen-bond donors (Lipinski definition) is 0. The molecule has 4 heterocycles. The lowest BCUT2D eigenvalue weighted by Gasteiger charge is -2.37. The molecule has 0 aliphatic carbocycles. The molecular formula is C21H30N6O3S. The molecule has 31 heavy (non-hydrogen) atoms. The number of furan rings is 1. The molecule has 168 valence electrons. The van der Waals surface area contributed by atoms with Crippen LogP contribution in [0.5, 0.6) is 0 Å². The van der Waals surface area contributed by atoms with Gasteiger partial charge in [0.25, 0.3) is 10.2 Å². The minimum atomic E-state index is -3.41. The molecule has 0 atom stereocenters. The van der Waals surface area contributed by atoms with Gasteiger partial charge < -0.3 is 9.32 Å². The molecule has 0 unspecified atom stereocenters. The molecule has 3 aromatic heterocycles. The Kier molecular flexibility index (Phi) is 5.57. The second-order valence-corrected chi connectivity index (χ2v) is 10.3. The van der Waals surface area contributed by atoms with Crippen LogP contribution in [0.1, 0.15) is 29.7 Å². The van der Waals surface area contributed by atoms with E-state index in [1.807, 2.05) is 37.4 Å². The first-order valence-corrected chi connectivity index (χ1v) is 11.9. The summed E-state index contributed by atoms with van der Waals surface area (Å²) < 4.78 is 35.4. The van der Waals surface area contributed by atoms with Gasteiger partial charge in [-0.3, -0.25) is 0 Å². The highest BCUT2D eigenvalue weighted by molar-refractivity contribution is 7.86. The predicted molar refractivity (Wildman–Crippen MR) is 121 cm³/mol. The summed E-state index contributed by atoms with van der Waals surface area (Å²) in [5.41, 5.74) is 4.67. The van der Waals surface area contributed by atoms with Crippen LogP contribution in [0, 0.1) is 20.8 Å². The predicted octanol–water partition coefficient (Wildman–Crippen LogP) is 2.41. The molecule has 0 amide bonds. The Labute approximate surface area is 183 Å². The third-order valence-corrected chi connectivity index (χ3v) is 7.82. The van der Waals surface area contributed by atoms with Crippen LogP contribution in [-0.4, -0.2) is 71.9 Å². The van der Waals surface area contributed by atoms with Gasteiger partial charge in [-0.2, -0.15) is 26.6 Å². The fourth-order valence-electron chi connectivity index (χ4n) is 4.25. The van der Waals surface area contributed by atoms with Gasteiger partial charge in [0.15, 0.2) is 5.65 Å². The van der Waals surface area contributed by atoms with E-state index in [2.05, 4.69) is 11.8 Å². The fourth-order valence-corrected chi connectivity index (χ4v) is 5.34. The van der Waals surface area contributed by atoms with Gasteiger partial charge in [0.1, 0.15) is 17.3 Å². The maximum atomic E-state index is 12.5. The Balaban J connectivity index is 1.76. The monoisotopic (exact) mass is 446 g/mol. The van der Waals surface area contributed by atoms with Gasteiger partial charge in [0.05, 0.1) is 5.69 Å². The third-order valence-electron chi connectivity index (χ3n) is 5.88. The highest BCUT2D eigenvalue weighted by Crippen LogP contribution is 2.31. The second-order valence-electron chi connectivity index (χ2n) is 8.16. The average molecular weight is 447 g/mol. The molecule has 4 rings (SSSR count). The Morgan fingerprint density at radius 1 is 1.10 bits per heavy atom. The molecule has 0 spiro atoms. The Morgan fingerprint density at radius 3 is 2.32 bits per heavy atom. The lowest BCUT2D eigenvalue weighted by atomic mass is 10.1. The largest absolute Gasteiger partial charge is 0.466 e. The van der Waals surface area contributed by atoms with Crippen molar-refractivity contribution in [1.29, 1.82) is 0 Å². The first-order chi connectivity index (χ1) is 14.6. The fraction of sp³-hybridized carbons (Fsp3) is 0.524. The molecule has 0 N–H and O–H groups in total. The van der Waals surface area contributed by atoms with Gasteiger partial charge in [-0.05, 0) is 33.3 Å². The standard InChI is InChI=1S/C21H30N6O3S/c1-7-17-15(3)22-20-13-19(18-12-14(2)30-16(18)4)23-27(20)21(17)25-8-10-26(11-9-25)31(28,29)24(5)6/h12-13H,7-11H2,1-6H3. The van der Waals surface area contributed by atoms with Crippen LogP contribution < -0.4 is 4.90 Å². The average Bonchev–Trinajstić information content (AvgIpc) is 3.28. The Hall–Kier alpha value is -2.43. The maximum Gasteiger partial charge on any atom is 0.281 e. The van der Waals surface area contributed by atoms with Crippen molar-refractivity contribution in [1.82, 2.24) is 23.2 Å². The zero-order chi connectivity index (χ0) is 22.5. The summed E-state index contributed by atoms with van der Waals surface area (Å²) in [7, 11) is -0.278. The van der Waals surface area contributed by atoms with Crippen LogP contribution in [-0.2, 0) is 16.6 Å². The quantitative estimate of drug-likeness (QED) is 0.598. The SMILES string of the molecule is CCc1c(C)nc2cc(-c3cc(C)oc3C)nn2c1N1CCN(S(=O)(=O)N(C)C)CC1. The highest BCUT2D eigenvalue weighted by atomic mass is 32.2. The van der Waals surface area contributed by atoms with E-state index >= 15 is 0 Å². The molecule has 1 saturated heterocycles. The molecule has 0 saturated carbocycles. The van der Waals surface area contributed by atoms with E-state index in [9.17, 15) is 8.42 Å². The summed E-state index contributed by atoms with van der Waals surface area (Å²) in [6, 6.07) is 3.98. The number of hydrogen-bond acceptors (Lipinski definition) is 6. The highest BCUT2D eigenvalue weighted by Gasteiger charge is 2.31. The van der Waals surface area contributed by atoms with Crippen LogP contribution >= 0.6 is 0 Å². The molecule has 1 aliphatic heterocycles. The summed E-state index contributed by atoms with van der Waals surface area (Å²) >= 11 is 0. The number of aryl methyl sites for hydroxylation is 3. The molecule has 1 fully saturated rings. The van der Waals surface area contributed by atoms with E-state index < -0.39 is 10.2 Å². The van der Waals surface area contributed by atoms with Crippen molar-refractivity contribution in [3.8, 4) is 11.3 Å². The molecule has 10 heteroatoms. The summed E-state index contributed by atoms with van der Waals surface area (Å²) in [4.78, 5) is 7.02. The van der Waals surface area contributed by atoms with Gasteiger partial charge in [0, 0.05) is 63.2 Å². The van der Waals surface area contributed by atoms with Crippen LogP contribution in [0.3, 0.4) is 0 Å². The smallest absolute Gasteiger partial charge is 0.281 e. The zero-order valence-corrected chi connectivity index (χ0v) is 19.8. The Bertz CT molecular complexity index is 1220. The van der Waals surface area contributed by atoms with E-state index in [-0.39, 0.29) is 0 Å². The van der Waals surface area contributed by atoms with Crippen LogP contribution in [0.25, 0.3) is 16.9 Å². The normalized spacial score (nSPS) is 16.0. The summed E-state index contributed by atoms with van der Waals surface area (Å²) in [5, 5.41) is 4.89. The third kappa shape index (κ3) is 3.72.